The minimum absolute atomic E-state index is 0.0136. The number of phenols is 3. The number of hydrogen-bond donors (Lipinski definition) is 8. The number of allylic oxidation sites excluding steroid dienone is 2. The Balaban J connectivity index is 0.979. The molecule has 0 spiro atoms. The van der Waals surface area contributed by atoms with E-state index in [1.165, 1.54) is 72.7 Å². The number of carboxylic acids is 1. The number of anilines is 2. The lowest BCUT2D eigenvalue weighted by molar-refractivity contribution is -0.155. The number of carboxylic acid groups (broad SMARTS) is 1. The van der Waals surface area contributed by atoms with Gasteiger partial charge in [0.1, 0.15) is 34.6 Å². The van der Waals surface area contributed by atoms with E-state index in [4.69, 9.17) is 28.8 Å². The van der Waals surface area contributed by atoms with E-state index in [-0.39, 0.29) is 91.8 Å². The van der Waals surface area contributed by atoms with Crippen molar-refractivity contribution in [1.82, 2.24) is 14.9 Å². The Kier molecular flexibility index (Phi) is 18.0. The number of ketones is 1. The maximum Gasteiger partial charge on any atom is 0.341 e. The smallest absolute Gasteiger partial charge is 0.341 e. The maximum absolute atomic E-state index is 16.2. The Morgan fingerprint density at radius 2 is 1.66 bits per heavy atom. The molecule has 6 heterocycles. The van der Waals surface area contributed by atoms with Gasteiger partial charge in [-0.3, -0.25) is 24.2 Å². The number of phenolic OH excluding ortho intramolecular Hbond substituents is 3. The van der Waals surface area contributed by atoms with E-state index in [0.717, 1.165) is 25.3 Å². The zero-order valence-electron chi connectivity index (χ0n) is 49.5. The molecule has 6 aliphatic rings. The molecule has 1 aromatic heterocycles. The molecule has 2 saturated heterocycles. The van der Waals surface area contributed by atoms with Crippen LogP contribution in [0.15, 0.2) is 58.3 Å². The molecule has 85 heavy (non-hydrogen) atoms. The predicted molar refractivity (Wildman–Crippen MR) is 314 cm³/mol. The summed E-state index contributed by atoms with van der Waals surface area (Å²) in [6, 6.07) is 1.12. The number of aromatic nitrogens is 1. The molecule has 1 saturated carbocycles. The monoisotopic (exact) mass is 1180 g/mol. The number of nitrogens with zero attached hydrogens (tertiary/aromatic N) is 4. The van der Waals surface area contributed by atoms with E-state index in [1.54, 1.807) is 42.5 Å². The third-order valence-corrected chi connectivity index (χ3v) is 17.7. The third-order valence-electron chi connectivity index (χ3n) is 17.7. The number of methoxy groups -OCH3 is 2. The van der Waals surface area contributed by atoms with Crippen LogP contribution in [0.2, 0.25) is 0 Å². The molecule has 23 heteroatoms. The van der Waals surface area contributed by atoms with Gasteiger partial charge in [-0.15, -0.1) is 0 Å². The summed E-state index contributed by atoms with van der Waals surface area (Å²) in [7, 11) is 2.83. The molecule has 22 nitrogen and oxygen atoms in total. The molecule has 4 aromatic rings. The molecular weight excluding hydrogens is 1100 g/mol. The topological polar surface area (TPSA) is 301 Å². The predicted octanol–water partition coefficient (Wildman–Crippen LogP) is 7.31. The van der Waals surface area contributed by atoms with Crippen LogP contribution in [0, 0.1) is 36.4 Å². The number of aliphatic hydroxyl groups excluding tert-OH is 2. The Bertz CT molecular complexity index is 3500. The van der Waals surface area contributed by atoms with E-state index < -0.39 is 106 Å². The number of hydrazone groups is 1. The van der Waals surface area contributed by atoms with Crippen LogP contribution >= 0.6 is 0 Å². The Morgan fingerprint density at radius 1 is 0.953 bits per heavy atom. The molecule has 10 rings (SSSR count). The van der Waals surface area contributed by atoms with Crippen molar-refractivity contribution in [1.29, 1.82) is 0 Å². The van der Waals surface area contributed by atoms with Crippen molar-refractivity contribution in [2.24, 2.45) is 28.8 Å². The lowest BCUT2D eigenvalue weighted by atomic mass is 9.81. The SMILES string of the molecule is COc1c(N2CCC(C(C)NC3CCN(/N=C/c4c5c(O)c6c(O)c(C)c7c(c6c4O)C(=O)[C@@](C)(O/C=C/[C@H](OC)C[C@@H](OC(C)=O)[C@H](C)[C@H](O)[C@H](C)[C@@H](O)[C@@H](C)/C=C/C=C(/C)C(=O)N5)O7)CC3)C2)c(F)cc2c(=O)c(C(=O)O)cn(C3CC3)c12. The van der Waals surface area contributed by atoms with Crippen LogP contribution in [-0.2, 0) is 23.8 Å². The number of halogens is 1. The summed E-state index contributed by atoms with van der Waals surface area (Å²) >= 11 is 0. The van der Waals surface area contributed by atoms with E-state index in [9.17, 15) is 54.6 Å². The van der Waals surface area contributed by atoms with Gasteiger partial charge in [0.15, 0.2) is 17.3 Å². The molecule has 5 aliphatic heterocycles. The number of Topliss-reactive ketones (excluding diaryl/α,β-unsaturated/α-hetero) is 1. The minimum atomic E-state index is -2.11. The summed E-state index contributed by atoms with van der Waals surface area (Å²) in [4.78, 5) is 68.4. The van der Waals surface area contributed by atoms with Crippen molar-refractivity contribution in [2.75, 3.05) is 50.6 Å². The highest BCUT2D eigenvalue weighted by molar-refractivity contribution is 6.24. The quantitative estimate of drug-likeness (QED) is 0.0316. The summed E-state index contributed by atoms with van der Waals surface area (Å²) < 4.78 is 47.4. The molecule has 8 N–H and O–H groups in total. The highest BCUT2D eigenvalue weighted by Gasteiger charge is 2.50. The summed E-state index contributed by atoms with van der Waals surface area (Å²) in [6.07, 6.45) is 9.55. The zero-order chi connectivity index (χ0) is 61.7. The third kappa shape index (κ3) is 12.0. The maximum atomic E-state index is 16.2. The van der Waals surface area contributed by atoms with Gasteiger partial charge in [0.25, 0.3) is 11.7 Å². The van der Waals surface area contributed by atoms with Gasteiger partial charge in [-0.25, -0.2) is 9.18 Å². The molecule has 458 valence electrons. The second kappa shape index (κ2) is 24.7. The molecule has 1 aliphatic carbocycles. The lowest BCUT2D eigenvalue weighted by Gasteiger charge is -2.35. The Morgan fingerprint density at radius 3 is 2.31 bits per heavy atom. The van der Waals surface area contributed by atoms with Gasteiger partial charge in [-0.2, -0.15) is 5.10 Å². The summed E-state index contributed by atoms with van der Waals surface area (Å²) in [5.41, 5.74) is -1.22. The standard InChI is InChI=1S/C62H77FN6O16/c1-29-12-11-13-30(2)60(78)66-48-41(26-64-68-21-17-37(18-22-68)65-34(6)36-16-20-67(27-36)50-43(63)25-40-49(58(50)82-10)69(38-14-15-38)28-42(54(40)74)61(79)80)55(75)45-46(56(48)76)53(73)33(5)57-47(45)59(77)62(8,85-57)83-23-19-39(81-9)24-44(84-35(7)70)31(3)52(72)32(4)51(29)71/h11-13,19,23,25-26,28-29,31-32,34,36-39,44,51-52,65,71-73,75-76H,14-18,20-22,24,27H2,1-10H3,(H,66,78)(H,79,80)/b12-11+,23-19+,30-13-,64-26+/t29-,31-,32+,34?,36?,39-,44+,51-,52-,62-/m0/s1. The normalized spacial score (nSPS) is 28.1. The molecule has 0 radical (unpaired) electrons. The van der Waals surface area contributed by atoms with Crippen molar-refractivity contribution in [3.8, 4) is 28.7 Å². The number of fused-ring (bicyclic) bond motifs is 15. The highest BCUT2D eigenvalue weighted by Crippen LogP contribution is 2.55. The van der Waals surface area contributed by atoms with Crippen LogP contribution in [0.3, 0.4) is 0 Å². The number of ether oxygens (including phenoxy) is 5. The molecule has 2 unspecified atom stereocenters. The highest BCUT2D eigenvalue weighted by atomic mass is 19.1. The van der Waals surface area contributed by atoms with Crippen molar-refractivity contribution < 1.29 is 77.9 Å². The number of piperidine rings is 1. The fraction of sp³-hybridized carbons (Fsp3) is 0.516. The Hall–Kier alpha value is -7.73. The van der Waals surface area contributed by atoms with Crippen LogP contribution in [0.4, 0.5) is 15.8 Å². The molecule has 3 aromatic carbocycles. The van der Waals surface area contributed by atoms with Gasteiger partial charge in [0.05, 0.1) is 71.0 Å². The average molecular weight is 1180 g/mol. The van der Waals surface area contributed by atoms with Gasteiger partial charge < -0.3 is 74.4 Å². The van der Waals surface area contributed by atoms with Crippen LogP contribution < -0.4 is 30.4 Å². The van der Waals surface area contributed by atoms with Gasteiger partial charge in [0, 0.05) is 112 Å². The van der Waals surface area contributed by atoms with Crippen LogP contribution in [0.25, 0.3) is 21.7 Å². The van der Waals surface area contributed by atoms with E-state index >= 15 is 4.39 Å². The number of nitrogens with one attached hydrogen (secondary N) is 2. The minimum Gasteiger partial charge on any atom is -0.507 e. The van der Waals surface area contributed by atoms with Crippen LogP contribution in [0.1, 0.15) is 125 Å². The summed E-state index contributed by atoms with van der Waals surface area (Å²) in [5, 5.41) is 81.5. The number of aromatic hydroxyl groups is 3. The largest absolute Gasteiger partial charge is 0.507 e. The first-order valence-electron chi connectivity index (χ1n) is 28.9. The van der Waals surface area contributed by atoms with Gasteiger partial charge in [-0.1, -0.05) is 39.0 Å². The van der Waals surface area contributed by atoms with E-state index in [2.05, 4.69) is 17.6 Å². The fourth-order valence-electron chi connectivity index (χ4n) is 12.4. The van der Waals surface area contributed by atoms with Gasteiger partial charge in [0.2, 0.25) is 5.43 Å². The van der Waals surface area contributed by atoms with Crippen LogP contribution in [-0.4, -0.2) is 153 Å². The van der Waals surface area contributed by atoms with Crippen molar-refractivity contribution in [3.05, 3.63) is 86.7 Å². The van der Waals surface area contributed by atoms with E-state index in [1.807, 2.05) is 4.90 Å². The first-order chi connectivity index (χ1) is 40.3. The number of carbonyl (C=O) groups excluding carboxylic acids is 3. The van der Waals surface area contributed by atoms with Crippen molar-refractivity contribution in [3.63, 3.8) is 0 Å². The van der Waals surface area contributed by atoms with Crippen molar-refractivity contribution in [2.45, 2.75) is 142 Å². The average Bonchev–Trinajstić information content (AvgIpc) is 1.81. The number of aliphatic hydroxyl groups is 2. The van der Waals surface area contributed by atoms with Gasteiger partial charge in [-0.05, 0) is 70.9 Å². The number of esters is 1. The molecule has 1 amide bonds. The van der Waals surface area contributed by atoms with Crippen LogP contribution in [0.5, 0.6) is 28.7 Å². The number of pyridine rings is 1. The number of hydrogen-bond acceptors (Lipinski definition) is 19. The molecule has 10 atom stereocenters. The second-order valence-electron chi connectivity index (χ2n) is 23.5. The first kappa shape index (κ1) is 61.8. The summed E-state index contributed by atoms with van der Waals surface area (Å²) in [5.74, 6) is -10.0. The summed E-state index contributed by atoms with van der Waals surface area (Å²) in [6.45, 7) is 14.6. The molecule has 3 fully saturated rings. The number of carbonyl (C=O) groups is 4. The molecule has 5 bridgehead atoms. The zero-order valence-corrected chi connectivity index (χ0v) is 49.5. The van der Waals surface area contributed by atoms with Crippen molar-refractivity contribution >= 4 is 62.9 Å². The number of benzene rings is 3. The van der Waals surface area contributed by atoms with E-state index in [0.29, 0.717) is 44.5 Å². The fourth-order valence-corrected chi connectivity index (χ4v) is 12.4. The number of aromatic carboxylic acids is 1. The second-order valence-corrected chi connectivity index (χ2v) is 23.5. The lowest BCUT2D eigenvalue weighted by Crippen LogP contribution is -2.46. The molecular formula is C62H77FN6O16. The van der Waals surface area contributed by atoms with Gasteiger partial charge >= 0.3 is 17.7 Å². The number of amides is 1. The first-order valence-corrected chi connectivity index (χ1v) is 28.9. The Labute approximate surface area is 491 Å². The number of rotatable bonds is 11.